The van der Waals surface area contributed by atoms with Crippen molar-refractivity contribution in [3.8, 4) is 0 Å². The Hall–Kier alpha value is -1.93. The van der Waals surface area contributed by atoms with Gasteiger partial charge in [0.05, 0.1) is 23.8 Å². The van der Waals surface area contributed by atoms with Crippen LogP contribution in [0.2, 0.25) is 0 Å². The lowest BCUT2D eigenvalue weighted by atomic mass is 10.0. The molecule has 6 N–H and O–H groups in total. The number of aromatic amines is 1. The molecule has 1 aromatic rings. The Morgan fingerprint density at radius 1 is 1.52 bits per heavy atom. The van der Waals surface area contributed by atoms with Gasteiger partial charge in [0, 0.05) is 13.0 Å². The largest absolute Gasteiger partial charge is 0.480 e. The summed E-state index contributed by atoms with van der Waals surface area (Å²) in [4.78, 5) is 30.5. The maximum atomic E-state index is 12.2. The van der Waals surface area contributed by atoms with Crippen molar-refractivity contribution in [2.45, 2.75) is 44.3 Å². The van der Waals surface area contributed by atoms with E-state index in [4.69, 9.17) is 10.8 Å². The number of carbonyl (C=O) groups is 2. The summed E-state index contributed by atoms with van der Waals surface area (Å²) in [6, 6.07) is -1.32. The number of rotatable bonds is 7. The van der Waals surface area contributed by atoms with E-state index in [0.717, 1.165) is 17.8 Å². The van der Waals surface area contributed by atoms with Crippen LogP contribution in [0.25, 0.3) is 0 Å². The number of amides is 1. The van der Waals surface area contributed by atoms with E-state index in [1.54, 1.807) is 6.33 Å². The lowest BCUT2D eigenvalue weighted by Gasteiger charge is -2.24. The summed E-state index contributed by atoms with van der Waals surface area (Å²) in [5, 5.41) is 14.8. The fraction of sp³-hybridized carbons (Fsp3) is 0.615. The van der Waals surface area contributed by atoms with Crippen LogP contribution in [0.1, 0.15) is 30.7 Å². The number of carboxylic acids is 1. The molecule has 0 saturated carbocycles. The number of aliphatic carboxylic acids is 1. The van der Waals surface area contributed by atoms with E-state index in [1.807, 2.05) is 0 Å². The smallest absolute Gasteiger partial charge is 0.326 e. The zero-order valence-corrected chi connectivity index (χ0v) is 11.8. The third-order valence-electron chi connectivity index (χ3n) is 3.61. The second-order valence-electron chi connectivity index (χ2n) is 5.15. The SMILES string of the molecule is NCCCC[C@H](NC(=O)[C@@H]1Cc2nc[nH]c2CN1)C(=O)O. The van der Waals surface area contributed by atoms with Gasteiger partial charge < -0.3 is 21.1 Å². The van der Waals surface area contributed by atoms with Gasteiger partial charge in [0.15, 0.2) is 0 Å². The summed E-state index contributed by atoms with van der Waals surface area (Å²) in [6.45, 7) is 1.05. The minimum Gasteiger partial charge on any atom is -0.480 e. The first-order valence-electron chi connectivity index (χ1n) is 7.09. The molecule has 0 spiro atoms. The molecule has 1 amide bonds. The number of nitrogens with zero attached hydrogens (tertiary/aromatic N) is 1. The van der Waals surface area contributed by atoms with Gasteiger partial charge in [-0.3, -0.25) is 10.1 Å². The van der Waals surface area contributed by atoms with Gasteiger partial charge in [0.2, 0.25) is 5.91 Å². The Morgan fingerprint density at radius 3 is 3.05 bits per heavy atom. The molecule has 1 aromatic heterocycles. The molecule has 0 unspecified atom stereocenters. The van der Waals surface area contributed by atoms with Crippen LogP contribution in [0.4, 0.5) is 0 Å². The summed E-state index contributed by atoms with van der Waals surface area (Å²) in [6.07, 6.45) is 3.87. The molecule has 1 aliphatic heterocycles. The highest BCUT2D eigenvalue weighted by Gasteiger charge is 2.28. The summed E-state index contributed by atoms with van der Waals surface area (Å²) >= 11 is 0. The molecule has 0 bridgehead atoms. The molecule has 21 heavy (non-hydrogen) atoms. The molecule has 0 saturated heterocycles. The molecule has 2 heterocycles. The number of hydrogen-bond acceptors (Lipinski definition) is 5. The van der Waals surface area contributed by atoms with Gasteiger partial charge >= 0.3 is 5.97 Å². The van der Waals surface area contributed by atoms with Crippen molar-refractivity contribution < 1.29 is 14.7 Å². The van der Waals surface area contributed by atoms with Gasteiger partial charge in [0.25, 0.3) is 0 Å². The number of hydrogen-bond donors (Lipinski definition) is 5. The molecule has 116 valence electrons. The third-order valence-corrected chi connectivity index (χ3v) is 3.61. The lowest BCUT2D eigenvalue weighted by Crippen LogP contribution is -2.52. The number of nitrogens with one attached hydrogen (secondary N) is 3. The van der Waals surface area contributed by atoms with E-state index < -0.39 is 18.1 Å². The Labute approximate surface area is 122 Å². The minimum absolute atomic E-state index is 0.302. The van der Waals surface area contributed by atoms with Crippen LogP contribution in [-0.4, -0.2) is 45.6 Å². The quantitative estimate of drug-likeness (QED) is 0.415. The van der Waals surface area contributed by atoms with Crippen LogP contribution in [0, 0.1) is 0 Å². The van der Waals surface area contributed by atoms with Gasteiger partial charge in [-0.15, -0.1) is 0 Å². The fourth-order valence-corrected chi connectivity index (χ4v) is 2.38. The van der Waals surface area contributed by atoms with Gasteiger partial charge in [-0.2, -0.15) is 0 Å². The fourth-order valence-electron chi connectivity index (χ4n) is 2.38. The Balaban J connectivity index is 1.89. The maximum absolute atomic E-state index is 12.2. The van der Waals surface area contributed by atoms with Crippen molar-refractivity contribution in [2.75, 3.05) is 6.54 Å². The zero-order valence-electron chi connectivity index (χ0n) is 11.8. The van der Waals surface area contributed by atoms with E-state index in [-0.39, 0.29) is 5.91 Å². The second-order valence-corrected chi connectivity index (χ2v) is 5.15. The molecule has 2 rings (SSSR count). The predicted octanol–water partition coefficient (Wildman–Crippen LogP) is -0.878. The molecular formula is C13H21N5O3. The van der Waals surface area contributed by atoms with Gasteiger partial charge in [-0.05, 0) is 25.8 Å². The normalized spacial score (nSPS) is 18.8. The standard InChI is InChI=1S/C13H21N5O3/c14-4-2-1-3-8(13(20)21)18-12(19)10-5-9-11(6-15-10)17-7-16-9/h7-8,10,15H,1-6,14H2,(H,16,17)(H,18,19)(H,20,21)/t8-,10-/m0/s1. The number of unbranched alkanes of at least 4 members (excludes halogenated alkanes) is 1. The number of H-pyrrole nitrogens is 1. The van der Waals surface area contributed by atoms with E-state index in [0.29, 0.717) is 32.4 Å². The van der Waals surface area contributed by atoms with Gasteiger partial charge in [-0.1, -0.05) is 0 Å². The van der Waals surface area contributed by atoms with Crippen molar-refractivity contribution in [3.05, 3.63) is 17.7 Å². The van der Waals surface area contributed by atoms with E-state index in [9.17, 15) is 9.59 Å². The molecular weight excluding hydrogens is 274 g/mol. The first-order chi connectivity index (χ1) is 10.1. The van der Waals surface area contributed by atoms with Crippen LogP contribution in [0.15, 0.2) is 6.33 Å². The van der Waals surface area contributed by atoms with E-state index >= 15 is 0 Å². The first-order valence-corrected chi connectivity index (χ1v) is 7.09. The van der Waals surface area contributed by atoms with Crippen LogP contribution < -0.4 is 16.4 Å². The molecule has 8 heteroatoms. The van der Waals surface area contributed by atoms with Crippen LogP contribution >= 0.6 is 0 Å². The van der Waals surface area contributed by atoms with E-state index in [1.165, 1.54) is 0 Å². The third kappa shape index (κ3) is 4.02. The highest BCUT2D eigenvalue weighted by Crippen LogP contribution is 2.12. The Bertz CT molecular complexity index is 502. The van der Waals surface area contributed by atoms with Crippen molar-refractivity contribution in [2.24, 2.45) is 5.73 Å². The molecule has 1 aliphatic rings. The second kappa shape index (κ2) is 7.19. The molecule has 2 atom stereocenters. The topological polar surface area (TPSA) is 133 Å². The summed E-state index contributed by atoms with van der Waals surface area (Å²) in [5.74, 6) is -1.32. The Kier molecular flexibility index (Phi) is 5.29. The monoisotopic (exact) mass is 295 g/mol. The van der Waals surface area contributed by atoms with Crippen molar-refractivity contribution in [3.63, 3.8) is 0 Å². The molecule has 8 nitrogen and oxygen atoms in total. The lowest BCUT2D eigenvalue weighted by molar-refractivity contribution is -0.142. The van der Waals surface area contributed by atoms with Crippen molar-refractivity contribution in [1.29, 1.82) is 0 Å². The van der Waals surface area contributed by atoms with Crippen LogP contribution in [-0.2, 0) is 22.6 Å². The number of fused-ring (bicyclic) bond motifs is 1. The zero-order chi connectivity index (χ0) is 15.2. The number of carbonyl (C=O) groups excluding carboxylic acids is 1. The van der Waals surface area contributed by atoms with Gasteiger partial charge in [-0.25, -0.2) is 9.78 Å². The highest BCUT2D eigenvalue weighted by atomic mass is 16.4. The summed E-state index contributed by atoms with van der Waals surface area (Å²) in [7, 11) is 0. The molecule has 0 radical (unpaired) electrons. The first kappa shape index (κ1) is 15.5. The number of aromatic nitrogens is 2. The minimum atomic E-state index is -1.02. The number of imidazole rings is 1. The average Bonchev–Trinajstić information content (AvgIpc) is 2.93. The van der Waals surface area contributed by atoms with Crippen molar-refractivity contribution in [1.82, 2.24) is 20.6 Å². The predicted molar refractivity (Wildman–Crippen MR) is 75.4 cm³/mol. The van der Waals surface area contributed by atoms with Crippen LogP contribution in [0.5, 0.6) is 0 Å². The average molecular weight is 295 g/mol. The molecule has 0 aliphatic carbocycles. The Morgan fingerprint density at radius 2 is 2.33 bits per heavy atom. The van der Waals surface area contributed by atoms with Crippen molar-refractivity contribution >= 4 is 11.9 Å². The maximum Gasteiger partial charge on any atom is 0.326 e. The van der Waals surface area contributed by atoms with Gasteiger partial charge in [0.1, 0.15) is 6.04 Å². The molecule has 0 fully saturated rings. The molecule has 0 aromatic carbocycles. The highest BCUT2D eigenvalue weighted by molar-refractivity contribution is 5.87. The number of carboxylic acid groups (broad SMARTS) is 1. The number of nitrogens with two attached hydrogens (primary N) is 1. The van der Waals surface area contributed by atoms with E-state index in [2.05, 4.69) is 20.6 Å². The summed E-state index contributed by atoms with van der Waals surface area (Å²) in [5.41, 5.74) is 7.21. The van der Waals surface area contributed by atoms with Crippen LogP contribution in [0.3, 0.4) is 0 Å². The summed E-state index contributed by atoms with van der Waals surface area (Å²) < 4.78 is 0.